The standard InChI is InChI=1S/C24H18N4O4/c29-24(21-14-20(27-28-21)17-6-8-22-23(12-17)32-15-31-22)26-9-1-2-11-30-18-7-5-16-4-3-10-25-19(16)13-18/h3-8,10,12-14H,9,11,15H2,(H,26,29)(H,27,28). The predicted molar refractivity (Wildman–Crippen MR) is 117 cm³/mol. The maximum atomic E-state index is 12.3. The van der Waals surface area contributed by atoms with Crippen LogP contribution in [0.5, 0.6) is 17.2 Å². The molecule has 0 fully saturated rings. The molecule has 4 aromatic rings. The predicted octanol–water partition coefficient (Wildman–Crippen LogP) is 3.17. The molecule has 0 atom stereocenters. The van der Waals surface area contributed by atoms with Gasteiger partial charge < -0.3 is 19.5 Å². The number of ether oxygens (including phenoxy) is 3. The summed E-state index contributed by atoms with van der Waals surface area (Å²) in [6.45, 7) is 0.616. The average molecular weight is 426 g/mol. The first-order valence-electron chi connectivity index (χ1n) is 9.93. The van der Waals surface area contributed by atoms with Gasteiger partial charge in [-0.15, -0.1) is 0 Å². The Hall–Kier alpha value is -4.51. The normalized spacial score (nSPS) is 11.6. The van der Waals surface area contributed by atoms with Gasteiger partial charge >= 0.3 is 0 Å². The zero-order valence-electron chi connectivity index (χ0n) is 16.9. The van der Waals surface area contributed by atoms with Crippen molar-refractivity contribution in [3.05, 3.63) is 66.5 Å². The van der Waals surface area contributed by atoms with Crippen molar-refractivity contribution in [2.45, 2.75) is 0 Å². The number of hydrogen-bond donors (Lipinski definition) is 2. The van der Waals surface area contributed by atoms with Crippen molar-refractivity contribution < 1.29 is 19.0 Å². The molecule has 0 spiro atoms. The zero-order valence-corrected chi connectivity index (χ0v) is 16.9. The maximum Gasteiger partial charge on any atom is 0.270 e. The number of fused-ring (bicyclic) bond motifs is 2. The lowest BCUT2D eigenvalue weighted by atomic mass is 10.1. The minimum atomic E-state index is -0.291. The monoisotopic (exact) mass is 426 g/mol. The molecular weight excluding hydrogens is 408 g/mol. The number of pyridine rings is 1. The molecule has 1 aliphatic heterocycles. The van der Waals surface area contributed by atoms with Crippen LogP contribution in [0.4, 0.5) is 0 Å². The van der Waals surface area contributed by atoms with Crippen LogP contribution in [0, 0.1) is 11.8 Å². The quantitative estimate of drug-likeness (QED) is 0.476. The molecule has 158 valence electrons. The summed E-state index contributed by atoms with van der Waals surface area (Å²) >= 11 is 0. The number of nitrogens with zero attached hydrogens (tertiary/aromatic N) is 2. The van der Waals surface area contributed by atoms with Gasteiger partial charge in [0.05, 0.1) is 17.8 Å². The second-order valence-electron chi connectivity index (χ2n) is 6.92. The Morgan fingerprint density at radius 1 is 1.09 bits per heavy atom. The lowest BCUT2D eigenvalue weighted by Crippen LogP contribution is -2.24. The Morgan fingerprint density at radius 3 is 3.00 bits per heavy atom. The minimum Gasteiger partial charge on any atom is -0.481 e. The smallest absolute Gasteiger partial charge is 0.270 e. The third kappa shape index (κ3) is 4.18. The molecule has 8 nitrogen and oxygen atoms in total. The molecule has 0 saturated heterocycles. The van der Waals surface area contributed by atoms with E-state index in [0.717, 1.165) is 16.5 Å². The SMILES string of the molecule is O=C(NCC#CCOc1ccc2cccnc2c1)c1cc(-c2ccc3c(c2)OCO3)n[nH]1. The van der Waals surface area contributed by atoms with Crippen LogP contribution in [0.25, 0.3) is 22.2 Å². The molecule has 8 heteroatoms. The molecule has 0 unspecified atom stereocenters. The summed E-state index contributed by atoms with van der Waals surface area (Å²) in [4.78, 5) is 16.6. The number of nitrogens with one attached hydrogen (secondary N) is 2. The van der Waals surface area contributed by atoms with Crippen LogP contribution in [0.3, 0.4) is 0 Å². The summed E-state index contributed by atoms with van der Waals surface area (Å²) in [6, 6.07) is 16.8. The van der Waals surface area contributed by atoms with Crippen LogP contribution in [-0.2, 0) is 0 Å². The maximum absolute atomic E-state index is 12.3. The Labute approximate surface area is 183 Å². The van der Waals surface area contributed by atoms with Gasteiger partial charge in [0.1, 0.15) is 18.1 Å². The topological polar surface area (TPSA) is 98.4 Å². The molecule has 32 heavy (non-hydrogen) atoms. The highest BCUT2D eigenvalue weighted by Crippen LogP contribution is 2.35. The molecule has 0 bridgehead atoms. The van der Waals surface area contributed by atoms with E-state index in [-0.39, 0.29) is 25.9 Å². The van der Waals surface area contributed by atoms with Crippen LogP contribution >= 0.6 is 0 Å². The number of carbonyl (C=O) groups excluding carboxylic acids is 1. The Morgan fingerprint density at radius 2 is 2.03 bits per heavy atom. The number of aromatic nitrogens is 3. The van der Waals surface area contributed by atoms with Crippen LogP contribution in [-0.4, -0.2) is 41.0 Å². The average Bonchev–Trinajstić information content (AvgIpc) is 3.50. The van der Waals surface area contributed by atoms with Crippen molar-refractivity contribution in [1.29, 1.82) is 0 Å². The lowest BCUT2D eigenvalue weighted by molar-refractivity contribution is 0.0953. The fraction of sp³-hybridized carbons (Fsp3) is 0.125. The number of rotatable bonds is 5. The van der Waals surface area contributed by atoms with E-state index in [1.54, 1.807) is 12.3 Å². The summed E-state index contributed by atoms with van der Waals surface area (Å²) in [5.41, 5.74) is 2.67. The van der Waals surface area contributed by atoms with Gasteiger partial charge in [0, 0.05) is 23.2 Å². The van der Waals surface area contributed by atoms with E-state index < -0.39 is 0 Å². The summed E-state index contributed by atoms with van der Waals surface area (Å²) in [6.07, 6.45) is 1.74. The molecule has 2 aromatic heterocycles. The van der Waals surface area contributed by atoms with E-state index >= 15 is 0 Å². The van der Waals surface area contributed by atoms with Gasteiger partial charge in [0.15, 0.2) is 11.5 Å². The van der Waals surface area contributed by atoms with E-state index in [2.05, 4.69) is 32.3 Å². The number of H-pyrrole nitrogens is 1. The summed E-state index contributed by atoms with van der Waals surface area (Å²) < 4.78 is 16.3. The lowest BCUT2D eigenvalue weighted by Gasteiger charge is -2.03. The molecule has 1 amide bonds. The summed E-state index contributed by atoms with van der Waals surface area (Å²) in [5, 5.41) is 10.7. The molecule has 0 radical (unpaired) electrons. The van der Waals surface area contributed by atoms with Gasteiger partial charge in [-0.2, -0.15) is 5.10 Å². The largest absolute Gasteiger partial charge is 0.481 e. The van der Waals surface area contributed by atoms with E-state index in [0.29, 0.717) is 28.6 Å². The van der Waals surface area contributed by atoms with Crippen molar-refractivity contribution in [1.82, 2.24) is 20.5 Å². The van der Waals surface area contributed by atoms with Crippen molar-refractivity contribution in [2.24, 2.45) is 0 Å². The Bertz CT molecular complexity index is 1350. The van der Waals surface area contributed by atoms with Gasteiger partial charge in [-0.05, 0) is 42.5 Å². The van der Waals surface area contributed by atoms with E-state index in [1.807, 2.05) is 48.5 Å². The van der Waals surface area contributed by atoms with E-state index in [4.69, 9.17) is 14.2 Å². The van der Waals surface area contributed by atoms with Crippen LogP contribution < -0.4 is 19.5 Å². The third-order valence-electron chi connectivity index (χ3n) is 4.84. The van der Waals surface area contributed by atoms with Crippen molar-refractivity contribution in [3.8, 4) is 40.3 Å². The van der Waals surface area contributed by atoms with Crippen molar-refractivity contribution >= 4 is 16.8 Å². The number of amides is 1. The second kappa shape index (κ2) is 8.70. The highest BCUT2D eigenvalue weighted by molar-refractivity contribution is 5.93. The van der Waals surface area contributed by atoms with Gasteiger partial charge in [0.25, 0.3) is 5.91 Å². The first-order chi connectivity index (χ1) is 15.8. The molecule has 3 heterocycles. The van der Waals surface area contributed by atoms with E-state index in [1.165, 1.54) is 0 Å². The fourth-order valence-electron chi connectivity index (χ4n) is 3.23. The molecule has 2 N–H and O–H groups in total. The summed E-state index contributed by atoms with van der Waals surface area (Å²) in [5.74, 6) is 7.52. The van der Waals surface area contributed by atoms with Gasteiger partial charge in [-0.25, -0.2) is 0 Å². The van der Waals surface area contributed by atoms with Gasteiger partial charge in [0.2, 0.25) is 6.79 Å². The van der Waals surface area contributed by atoms with Gasteiger partial charge in [-0.3, -0.25) is 14.9 Å². The number of hydrogen-bond acceptors (Lipinski definition) is 6. The third-order valence-corrected chi connectivity index (χ3v) is 4.84. The zero-order chi connectivity index (χ0) is 21.8. The molecule has 0 saturated carbocycles. The number of carbonyl (C=O) groups is 1. The Balaban J connectivity index is 1.12. The van der Waals surface area contributed by atoms with Gasteiger partial charge in [-0.1, -0.05) is 17.9 Å². The van der Waals surface area contributed by atoms with Crippen LogP contribution in [0.1, 0.15) is 10.5 Å². The van der Waals surface area contributed by atoms with E-state index in [9.17, 15) is 4.79 Å². The minimum absolute atomic E-state index is 0.194. The molecule has 5 rings (SSSR count). The van der Waals surface area contributed by atoms with Crippen LogP contribution in [0.2, 0.25) is 0 Å². The fourth-order valence-corrected chi connectivity index (χ4v) is 3.23. The molecule has 0 aliphatic carbocycles. The summed E-state index contributed by atoms with van der Waals surface area (Å²) in [7, 11) is 0. The van der Waals surface area contributed by atoms with Crippen molar-refractivity contribution in [2.75, 3.05) is 19.9 Å². The molecule has 2 aromatic carbocycles. The Kier molecular flexibility index (Phi) is 5.29. The molecule has 1 aliphatic rings. The number of benzene rings is 2. The highest BCUT2D eigenvalue weighted by atomic mass is 16.7. The van der Waals surface area contributed by atoms with Crippen molar-refractivity contribution in [3.63, 3.8) is 0 Å². The van der Waals surface area contributed by atoms with Crippen LogP contribution in [0.15, 0.2) is 60.8 Å². The number of aromatic amines is 1. The first-order valence-corrected chi connectivity index (χ1v) is 9.93. The second-order valence-corrected chi connectivity index (χ2v) is 6.92. The molecular formula is C24H18N4O4. The highest BCUT2D eigenvalue weighted by Gasteiger charge is 2.16. The first kappa shape index (κ1) is 19.5.